The molecule has 25 heavy (non-hydrogen) atoms. The zero-order valence-corrected chi connectivity index (χ0v) is 15.7. The van der Waals surface area contributed by atoms with E-state index in [1.165, 1.54) is 12.0 Å². The third-order valence-corrected chi connectivity index (χ3v) is 5.64. The van der Waals surface area contributed by atoms with Crippen molar-refractivity contribution in [2.24, 2.45) is 0 Å². The van der Waals surface area contributed by atoms with Gasteiger partial charge in [0.1, 0.15) is 17.5 Å². The molecule has 1 aromatic carbocycles. The summed E-state index contributed by atoms with van der Waals surface area (Å²) in [5.41, 5.74) is 3.03. The summed E-state index contributed by atoms with van der Waals surface area (Å²) in [6.45, 7) is 9.79. The lowest BCUT2D eigenvalue weighted by molar-refractivity contribution is 0.704. The maximum atomic E-state index is 4.91. The number of anilines is 2. The fourth-order valence-corrected chi connectivity index (χ4v) is 4.08. The van der Waals surface area contributed by atoms with E-state index in [0.29, 0.717) is 23.9 Å². The van der Waals surface area contributed by atoms with Crippen LogP contribution in [0.5, 0.6) is 0 Å². The number of rotatable bonds is 5. The number of hydrogen-bond donors (Lipinski definition) is 1. The van der Waals surface area contributed by atoms with E-state index in [9.17, 15) is 0 Å². The Bertz CT molecular complexity index is 770. The third kappa shape index (κ3) is 2.88. The van der Waals surface area contributed by atoms with Crippen molar-refractivity contribution in [3.05, 3.63) is 47.3 Å². The van der Waals surface area contributed by atoms with E-state index in [2.05, 4.69) is 68.2 Å². The SMILES string of the molecule is CC[C@@H](C)Nc1cc(N2C[C@H]3C[C@H]2c2ccccc23)nc(C(C)C)n1. The molecule has 1 aromatic heterocycles. The Hall–Kier alpha value is -2.10. The fraction of sp³-hybridized carbons (Fsp3) is 0.524. The van der Waals surface area contributed by atoms with Gasteiger partial charge in [-0.1, -0.05) is 45.0 Å². The second-order valence-corrected chi connectivity index (χ2v) is 7.81. The first-order valence-electron chi connectivity index (χ1n) is 9.57. The van der Waals surface area contributed by atoms with E-state index < -0.39 is 0 Å². The Labute approximate surface area is 150 Å². The van der Waals surface area contributed by atoms with Crippen LogP contribution in [0.2, 0.25) is 0 Å². The summed E-state index contributed by atoms with van der Waals surface area (Å²) >= 11 is 0. The van der Waals surface area contributed by atoms with Gasteiger partial charge in [-0.25, -0.2) is 9.97 Å². The number of aromatic nitrogens is 2. The highest BCUT2D eigenvalue weighted by Gasteiger charge is 2.42. The highest BCUT2D eigenvalue weighted by molar-refractivity contribution is 5.57. The molecule has 2 aliphatic rings. The lowest BCUT2D eigenvalue weighted by Gasteiger charge is -2.30. The largest absolute Gasteiger partial charge is 0.367 e. The molecule has 4 nitrogen and oxygen atoms in total. The summed E-state index contributed by atoms with van der Waals surface area (Å²) in [5, 5.41) is 3.54. The topological polar surface area (TPSA) is 41.0 Å². The smallest absolute Gasteiger partial charge is 0.135 e. The molecular weight excluding hydrogens is 308 g/mol. The highest BCUT2D eigenvalue weighted by atomic mass is 15.3. The minimum atomic E-state index is 0.324. The van der Waals surface area contributed by atoms with Gasteiger partial charge in [0.2, 0.25) is 0 Å². The van der Waals surface area contributed by atoms with Crippen LogP contribution in [-0.2, 0) is 0 Å². The number of hydrogen-bond acceptors (Lipinski definition) is 4. The van der Waals surface area contributed by atoms with E-state index in [-0.39, 0.29) is 0 Å². The molecule has 132 valence electrons. The van der Waals surface area contributed by atoms with E-state index >= 15 is 0 Å². The average Bonchev–Trinajstić information content (AvgIpc) is 3.21. The molecule has 0 spiro atoms. The molecule has 2 heterocycles. The average molecular weight is 336 g/mol. The van der Waals surface area contributed by atoms with Gasteiger partial charge < -0.3 is 10.2 Å². The van der Waals surface area contributed by atoms with E-state index in [1.54, 1.807) is 5.56 Å². The van der Waals surface area contributed by atoms with Gasteiger partial charge in [0.15, 0.2) is 0 Å². The molecule has 2 bridgehead atoms. The van der Waals surface area contributed by atoms with Gasteiger partial charge in [-0.3, -0.25) is 0 Å². The van der Waals surface area contributed by atoms with E-state index in [0.717, 1.165) is 30.4 Å². The van der Waals surface area contributed by atoms with Crippen LogP contribution in [0.25, 0.3) is 0 Å². The van der Waals surface area contributed by atoms with Crippen LogP contribution in [0.1, 0.15) is 75.4 Å². The molecule has 4 rings (SSSR count). The highest BCUT2D eigenvalue weighted by Crippen LogP contribution is 2.51. The predicted octanol–water partition coefficient (Wildman–Crippen LogP) is 4.86. The second kappa shape index (κ2) is 6.32. The first-order chi connectivity index (χ1) is 12.1. The Balaban J connectivity index is 1.69. The van der Waals surface area contributed by atoms with Gasteiger partial charge in [0.25, 0.3) is 0 Å². The second-order valence-electron chi connectivity index (χ2n) is 7.81. The van der Waals surface area contributed by atoms with Crippen LogP contribution < -0.4 is 10.2 Å². The van der Waals surface area contributed by atoms with Crippen molar-refractivity contribution in [1.29, 1.82) is 0 Å². The molecule has 0 unspecified atom stereocenters. The van der Waals surface area contributed by atoms with Crippen LogP contribution in [0.4, 0.5) is 11.6 Å². The van der Waals surface area contributed by atoms with Gasteiger partial charge in [-0.2, -0.15) is 0 Å². The molecule has 1 aliphatic carbocycles. The van der Waals surface area contributed by atoms with Crippen molar-refractivity contribution >= 4 is 11.6 Å². The molecule has 1 aliphatic heterocycles. The molecule has 1 saturated heterocycles. The van der Waals surface area contributed by atoms with Gasteiger partial charge in [0.05, 0.1) is 6.04 Å². The summed E-state index contributed by atoms with van der Waals surface area (Å²) in [6.07, 6.45) is 2.30. The summed E-state index contributed by atoms with van der Waals surface area (Å²) < 4.78 is 0. The van der Waals surface area contributed by atoms with Crippen molar-refractivity contribution in [1.82, 2.24) is 9.97 Å². The number of fused-ring (bicyclic) bond motifs is 5. The van der Waals surface area contributed by atoms with Crippen molar-refractivity contribution in [3.8, 4) is 0 Å². The standard InChI is InChI=1S/C21H28N4/c1-5-14(4)22-19-11-20(24-21(23-19)13(2)3)25-12-15-10-18(25)17-9-7-6-8-16(15)17/h6-9,11,13-15,18H,5,10,12H2,1-4H3,(H,22,23,24)/t14-,15-,18+/m1/s1. The Morgan fingerprint density at radius 2 is 1.92 bits per heavy atom. The molecule has 0 radical (unpaired) electrons. The Kier molecular flexibility index (Phi) is 4.14. The van der Waals surface area contributed by atoms with Crippen LogP contribution in [0.3, 0.4) is 0 Å². The molecule has 4 heteroatoms. The van der Waals surface area contributed by atoms with Crippen molar-refractivity contribution in [3.63, 3.8) is 0 Å². The molecule has 1 N–H and O–H groups in total. The van der Waals surface area contributed by atoms with Gasteiger partial charge in [-0.15, -0.1) is 0 Å². The molecule has 3 atom stereocenters. The minimum Gasteiger partial charge on any atom is -0.367 e. The predicted molar refractivity (Wildman–Crippen MR) is 103 cm³/mol. The molecule has 0 saturated carbocycles. The molecule has 1 fully saturated rings. The minimum absolute atomic E-state index is 0.324. The lowest BCUT2D eigenvalue weighted by atomic mass is 9.99. The van der Waals surface area contributed by atoms with Gasteiger partial charge in [-0.05, 0) is 30.9 Å². The van der Waals surface area contributed by atoms with Gasteiger partial charge in [0, 0.05) is 30.5 Å². The Morgan fingerprint density at radius 3 is 2.64 bits per heavy atom. The van der Waals surface area contributed by atoms with Crippen molar-refractivity contribution in [2.45, 2.75) is 64.5 Å². The molecule has 2 aromatic rings. The molecule has 0 amide bonds. The number of benzene rings is 1. The fourth-order valence-electron chi connectivity index (χ4n) is 4.08. The van der Waals surface area contributed by atoms with Crippen LogP contribution >= 0.6 is 0 Å². The maximum Gasteiger partial charge on any atom is 0.135 e. The summed E-state index contributed by atoms with van der Waals surface area (Å²) in [6, 6.07) is 11.9. The van der Waals surface area contributed by atoms with Crippen LogP contribution in [-0.4, -0.2) is 22.6 Å². The first kappa shape index (κ1) is 16.4. The van der Waals surface area contributed by atoms with E-state index in [1.807, 2.05) is 0 Å². The normalized spacial score (nSPS) is 22.4. The van der Waals surface area contributed by atoms with Crippen molar-refractivity contribution in [2.75, 3.05) is 16.8 Å². The first-order valence-corrected chi connectivity index (χ1v) is 9.57. The van der Waals surface area contributed by atoms with Gasteiger partial charge >= 0.3 is 0 Å². The van der Waals surface area contributed by atoms with E-state index in [4.69, 9.17) is 9.97 Å². The van der Waals surface area contributed by atoms with Crippen LogP contribution in [0.15, 0.2) is 30.3 Å². The molecular formula is C21H28N4. The summed E-state index contributed by atoms with van der Waals surface area (Å²) in [5.74, 6) is 3.93. The monoisotopic (exact) mass is 336 g/mol. The summed E-state index contributed by atoms with van der Waals surface area (Å²) in [4.78, 5) is 12.2. The number of nitrogens with zero attached hydrogens (tertiary/aromatic N) is 3. The Morgan fingerprint density at radius 1 is 1.16 bits per heavy atom. The quantitative estimate of drug-likeness (QED) is 0.846. The van der Waals surface area contributed by atoms with Crippen molar-refractivity contribution < 1.29 is 0 Å². The third-order valence-electron chi connectivity index (χ3n) is 5.64. The maximum absolute atomic E-state index is 4.91. The lowest BCUT2D eigenvalue weighted by Crippen LogP contribution is -2.28. The number of nitrogens with one attached hydrogen (secondary N) is 1. The van der Waals surface area contributed by atoms with Crippen LogP contribution in [0, 0.1) is 0 Å². The zero-order chi connectivity index (χ0) is 17.6. The summed E-state index contributed by atoms with van der Waals surface area (Å²) in [7, 11) is 0. The zero-order valence-electron chi connectivity index (χ0n) is 15.7.